The molecule has 25 heavy (non-hydrogen) atoms. The van der Waals surface area contributed by atoms with E-state index in [1.165, 1.54) is 31.4 Å². The first-order valence-electron chi connectivity index (χ1n) is 7.22. The average molecular weight is 368 g/mol. The van der Waals surface area contributed by atoms with Crippen LogP contribution in [-0.2, 0) is 9.84 Å². The summed E-state index contributed by atoms with van der Waals surface area (Å²) < 4.78 is 41.8. The minimum Gasteiger partial charge on any atom is -0.494 e. The third kappa shape index (κ3) is 4.24. The first-order chi connectivity index (χ1) is 11.6. The number of nitrogens with one attached hydrogen (secondary N) is 1. The van der Waals surface area contributed by atoms with Gasteiger partial charge in [-0.2, -0.15) is 0 Å². The van der Waals surface area contributed by atoms with Gasteiger partial charge in [-0.1, -0.05) is 6.07 Å². The highest BCUT2D eigenvalue weighted by Gasteiger charge is 2.20. The van der Waals surface area contributed by atoms with Crippen LogP contribution >= 0.6 is 0 Å². The zero-order chi connectivity index (χ0) is 18.8. The number of benzene rings is 2. The highest BCUT2D eigenvalue weighted by Crippen LogP contribution is 2.31. The van der Waals surface area contributed by atoms with E-state index in [-0.39, 0.29) is 22.0 Å². The monoisotopic (exact) mass is 368 g/mol. The fourth-order valence-corrected chi connectivity index (χ4v) is 2.92. The summed E-state index contributed by atoms with van der Waals surface area (Å²) in [7, 11) is -2.21. The number of nitro groups is 1. The lowest BCUT2D eigenvalue weighted by atomic mass is 10.1. The lowest BCUT2D eigenvalue weighted by molar-refractivity contribution is -0.384. The quantitative estimate of drug-likeness (QED) is 0.620. The fraction of sp³-hybridized carbons (Fsp3) is 0.250. The maximum atomic E-state index is 13.8. The largest absolute Gasteiger partial charge is 0.494 e. The van der Waals surface area contributed by atoms with Gasteiger partial charge in [-0.25, -0.2) is 12.8 Å². The van der Waals surface area contributed by atoms with Gasteiger partial charge < -0.3 is 10.1 Å². The third-order valence-corrected chi connectivity index (χ3v) is 4.75. The Hall–Kier alpha value is -2.68. The summed E-state index contributed by atoms with van der Waals surface area (Å²) in [6, 6.07) is 7.52. The zero-order valence-corrected chi connectivity index (χ0v) is 14.6. The molecule has 0 radical (unpaired) electrons. The standard InChI is InChI=1S/C16H17FN2O5S/c1-10(11-4-7-16(24-2)13(17)8-11)18-14-6-5-12(25(3,22)23)9-15(14)19(20)21/h4-10,18H,1-3H3/t10-/m0/s1. The van der Waals surface area contributed by atoms with Crippen molar-refractivity contribution in [2.45, 2.75) is 17.9 Å². The summed E-state index contributed by atoms with van der Waals surface area (Å²) in [5, 5.41) is 14.2. The predicted molar refractivity (Wildman–Crippen MR) is 91.2 cm³/mol. The molecule has 0 aliphatic heterocycles. The van der Waals surface area contributed by atoms with Crippen LogP contribution in [0, 0.1) is 15.9 Å². The molecule has 0 spiro atoms. The van der Waals surface area contributed by atoms with Gasteiger partial charge in [0.15, 0.2) is 21.4 Å². The number of hydrogen-bond donors (Lipinski definition) is 1. The van der Waals surface area contributed by atoms with Gasteiger partial charge in [0.05, 0.1) is 16.9 Å². The van der Waals surface area contributed by atoms with Gasteiger partial charge in [0.25, 0.3) is 5.69 Å². The van der Waals surface area contributed by atoms with Crippen molar-refractivity contribution in [2.24, 2.45) is 0 Å². The molecule has 0 saturated heterocycles. The van der Waals surface area contributed by atoms with Gasteiger partial charge in [0.1, 0.15) is 5.69 Å². The average Bonchev–Trinajstić information content (AvgIpc) is 2.53. The Kier molecular flexibility index (Phi) is 5.27. The first kappa shape index (κ1) is 18.7. The van der Waals surface area contributed by atoms with Crippen LogP contribution in [0.5, 0.6) is 5.75 Å². The summed E-state index contributed by atoms with van der Waals surface area (Å²) in [6.07, 6.45) is 0.974. The van der Waals surface area contributed by atoms with Crippen molar-refractivity contribution in [3.8, 4) is 5.75 Å². The van der Waals surface area contributed by atoms with Gasteiger partial charge in [0, 0.05) is 18.4 Å². The van der Waals surface area contributed by atoms with E-state index in [0.717, 1.165) is 12.3 Å². The lowest BCUT2D eigenvalue weighted by Crippen LogP contribution is -2.09. The molecule has 1 atom stereocenters. The number of rotatable bonds is 6. The molecule has 2 aromatic rings. The Bertz CT molecular complexity index is 915. The SMILES string of the molecule is COc1ccc([C@H](C)Nc2ccc(S(C)(=O)=O)cc2[N+](=O)[O-])cc1F. The van der Waals surface area contributed by atoms with Crippen molar-refractivity contribution >= 4 is 21.2 Å². The Morgan fingerprint density at radius 2 is 1.92 bits per heavy atom. The van der Waals surface area contributed by atoms with E-state index >= 15 is 0 Å². The van der Waals surface area contributed by atoms with Gasteiger partial charge >= 0.3 is 0 Å². The summed E-state index contributed by atoms with van der Waals surface area (Å²) in [6.45, 7) is 1.70. The molecule has 9 heteroatoms. The van der Waals surface area contributed by atoms with Gasteiger partial charge in [-0.3, -0.25) is 10.1 Å². The summed E-state index contributed by atoms with van der Waals surface area (Å²) in [5.74, 6) is -0.449. The van der Waals surface area contributed by atoms with E-state index in [0.29, 0.717) is 5.56 Å². The number of halogens is 1. The van der Waals surface area contributed by atoms with Crippen LogP contribution in [0.2, 0.25) is 0 Å². The van der Waals surface area contributed by atoms with E-state index in [2.05, 4.69) is 5.32 Å². The summed E-state index contributed by atoms with van der Waals surface area (Å²) >= 11 is 0. The highest BCUT2D eigenvalue weighted by atomic mass is 32.2. The number of nitrogens with zero attached hydrogens (tertiary/aromatic N) is 1. The topological polar surface area (TPSA) is 98.5 Å². The zero-order valence-electron chi connectivity index (χ0n) is 13.8. The van der Waals surface area contributed by atoms with E-state index in [1.807, 2.05) is 0 Å². The van der Waals surface area contributed by atoms with Crippen LogP contribution in [0.1, 0.15) is 18.5 Å². The van der Waals surface area contributed by atoms with Crippen molar-refractivity contribution in [3.05, 3.63) is 57.9 Å². The number of nitro benzene ring substituents is 1. The molecule has 0 saturated carbocycles. The molecule has 0 unspecified atom stereocenters. The Balaban J connectivity index is 2.36. The smallest absolute Gasteiger partial charge is 0.293 e. The maximum absolute atomic E-state index is 13.8. The Labute approximate surface area is 144 Å². The van der Waals surface area contributed by atoms with Crippen LogP contribution in [0.3, 0.4) is 0 Å². The Morgan fingerprint density at radius 1 is 1.24 bits per heavy atom. The summed E-state index contributed by atoms with van der Waals surface area (Å²) in [4.78, 5) is 10.4. The molecule has 1 N–H and O–H groups in total. The molecule has 2 aromatic carbocycles. The predicted octanol–water partition coefficient (Wildman–Crippen LogP) is 3.32. The molecule has 7 nitrogen and oxygen atoms in total. The number of anilines is 1. The second-order valence-corrected chi connectivity index (χ2v) is 7.48. The van der Waals surface area contributed by atoms with Crippen molar-refractivity contribution in [3.63, 3.8) is 0 Å². The van der Waals surface area contributed by atoms with E-state index in [9.17, 15) is 22.9 Å². The lowest BCUT2D eigenvalue weighted by Gasteiger charge is -2.17. The molecule has 0 bridgehead atoms. The summed E-state index contributed by atoms with van der Waals surface area (Å²) in [5.41, 5.74) is 0.324. The van der Waals surface area contributed by atoms with Crippen molar-refractivity contribution in [1.82, 2.24) is 0 Å². The number of methoxy groups -OCH3 is 1. The molecular formula is C16H17FN2O5S. The number of ether oxygens (including phenoxy) is 1. The van der Waals surface area contributed by atoms with Crippen LogP contribution in [-0.4, -0.2) is 26.7 Å². The fourth-order valence-electron chi connectivity index (χ4n) is 2.28. The maximum Gasteiger partial charge on any atom is 0.293 e. The van der Waals surface area contributed by atoms with Gasteiger partial charge in [0.2, 0.25) is 0 Å². The van der Waals surface area contributed by atoms with Crippen molar-refractivity contribution < 1.29 is 22.5 Å². The molecule has 0 amide bonds. The normalized spacial score (nSPS) is 12.5. The van der Waals surface area contributed by atoms with E-state index in [1.54, 1.807) is 13.0 Å². The number of sulfone groups is 1. The molecule has 0 aliphatic carbocycles. The molecular weight excluding hydrogens is 351 g/mol. The molecule has 134 valence electrons. The molecule has 0 aliphatic rings. The van der Waals surface area contributed by atoms with Crippen LogP contribution < -0.4 is 10.1 Å². The van der Waals surface area contributed by atoms with E-state index in [4.69, 9.17) is 4.74 Å². The van der Waals surface area contributed by atoms with Gasteiger partial charge in [-0.15, -0.1) is 0 Å². The van der Waals surface area contributed by atoms with Crippen molar-refractivity contribution in [1.29, 1.82) is 0 Å². The molecule has 0 aromatic heterocycles. The molecule has 0 fully saturated rings. The first-order valence-corrected chi connectivity index (χ1v) is 9.11. The second-order valence-electron chi connectivity index (χ2n) is 5.47. The van der Waals surface area contributed by atoms with E-state index < -0.39 is 26.6 Å². The highest BCUT2D eigenvalue weighted by molar-refractivity contribution is 7.90. The van der Waals surface area contributed by atoms with Crippen LogP contribution in [0.25, 0.3) is 0 Å². The minimum atomic E-state index is -3.57. The van der Waals surface area contributed by atoms with Crippen LogP contribution in [0.4, 0.5) is 15.8 Å². The minimum absolute atomic E-state index is 0.0967. The number of hydrogen-bond acceptors (Lipinski definition) is 6. The second kappa shape index (κ2) is 7.06. The molecule has 0 heterocycles. The van der Waals surface area contributed by atoms with Crippen molar-refractivity contribution in [2.75, 3.05) is 18.7 Å². The third-order valence-electron chi connectivity index (χ3n) is 3.64. The molecule has 2 rings (SSSR count). The van der Waals surface area contributed by atoms with Crippen LogP contribution in [0.15, 0.2) is 41.3 Å². The van der Waals surface area contributed by atoms with Gasteiger partial charge in [-0.05, 0) is 36.8 Å². The Morgan fingerprint density at radius 3 is 2.44 bits per heavy atom.